The standard InChI is InChI=1S/C26H20ClN3O3/c27-16-8-10-19-18(13-16)26(25(33)28-19)22-21(20-6-3-11-29(20)26)23(31)30(24(22)32)17-9-7-14-4-1-2-5-15(14)12-17/h1-2,4-5,7-10,12-13,20-22H,3,6,11H2,(H,28,33)/t20-,21+,22-,26-/m0/s1. The highest BCUT2D eigenvalue weighted by atomic mass is 35.5. The Balaban J connectivity index is 1.42. The Morgan fingerprint density at radius 1 is 0.939 bits per heavy atom. The lowest BCUT2D eigenvalue weighted by molar-refractivity contribution is -0.135. The topological polar surface area (TPSA) is 69.7 Å². The van der Waals surface area contributed by atoms with Gasteiger partial charge in [-0.15, -0.1) is 0 Å². The van der Waals surface area contributed by atoms with Crippen molar-refractivity contribution in [1.82, 2.24) is 4.90 Å². The lowest BCUT2D eigenvalue weighted by Gasteiger charge is -2.36. The van der Waals surface area contributed by atoms with Gasteiger partial charge in [-0.25, -0.2) is 4.90 Å². The molecule has 4 atom stereocenters. The van der Waals surface area contributed by atoms with Gasteiger partial charge in [-0.3, -0.25) is 19.3 Å². The number of nitrogens with zero attached hydrogens (tertiary/aromatic N) is 2. The molecule has 0 aliphatic carbocycles. The summed E-state index contributed by atoms with van der Waals surface area (Å²) in [6.45, 7) is 0.674. The number of amides is 3. The van der Waals surface area contributed by atoms with Gasteiger partial charge in [0.15, 0.2) is 0 Å². The second kappa shape index (κ2) is 6.43. The molecule has 0 radical (unpaired) electrons. The first-order valence-electron chi connectivity index (χ1n) is 11.3. The lowest BCUT2D eigenvalue weighted by atomic mass is 9.75. The van der Waals surface area contributed by atoms with E-state index in [0.717, 1.165) is 23.6 Å². The third-order valence-electron chi connectivity index (χ3n) is 7.95. The minimum Gasteiger partial charge on any atom is -0.324 e. The summed E-state index contributed by atoms with van der Waals surface area (Å²) in [5, 5.41) is 5.48. The summed E-state index contributed by atoms with van der Waals surface area (Å²) in [5.41, 5.74) is 0.730. The van der Waals surface area contributed by atoms with Crippen molar-refractivity contribution in [3.8, 4) is 0 Å². The summed E-state index contributed by atoms with van der Waals surface area (Å²) in [6.07, 6.45) is 1.67. The van der Waals surface area contributed by atoms with Crippen LogP contribution in [-0.4, -0.2) is 35.2 Å². The molecule has 3 saturated heterocycles. The van der Waals surface area contributed by atoms with Crippen LogP contribution < -0.4 is 10.2 Å². The molecule has 0 saturated carbocycles. The molecule has 7 heteroatoms. The van der Waals surface area contributed by atoms with Gasteiger partial charge in [0.05, 0.1) is 17.5 Å². The Morgan fingerprint density at radius 3 is 2.61 bits per heavy atom. The molecule has 3 fully saturated rings. The van der Waals surface area contributed by atoms with Crippen LogP contribution in [0.4, 0.5) is 11.4 Å². The van der Waals surface area contributed by atoms with Gasteiger partial charge in [0.1, 0.15) is 5.54 Å². The summed E-state index contributed by atoms with van der Waals surface area (Å²) in [5.74, 6) is -2.08. The number of hydrogen-bond donors (Lipinski definition) is 1. The van der Waals surface area contributed by atoms with Crippen molar-refractivity contribution in [1.29, 1.82) is 0 Å². The fourth-order valence-electron chi connectivity index (χ4n) is 6.75. The van der Waals surface area contributed by atoms with E-state index in [0.29, 0.717) is 28.5 Å². The monoisotopic (exact) mass is 457 g/mol. The van der Waals surface area contributed by atoms with E-state index in [2.05, 4.69) is 10.2 Å². The van der Waals surface area contributed by atoms with Gasteiger partial charge in [-0.05, 0) is 60.5 Å². The SMILES string of the molecule is O=C1[C@H]2[C@@H](C(=O)N1c1ccc3ccccc3c1)[C@@]1(C(=O)Nc3ccc(Cl)cc31)N1CCC[C@@H]21. The number of carbonyl (C=O) groups excluding carboxylic acids is 3. The van der Waals surface area contributed by atoms with Gasteiger partial charge in [-0.2, -0.15) is 0 Å². The first-order valence-corrected chi connectivity index (χ1v) is 11.6. The van der Waals surface area contributed by atoms with Crippen molar-refractivity contribution in [3.05, 3.63) is 71.2 Å². The third-order valence-corrected chi connectivity index (χ3v) is 8.18. The van der Waals surface area contributed by atoms with Gasteiger partial charge >= 0.3 is 0 Å². The van der Waals surface area contributed by atoms with E-state index < -0.39 is 17.4 Å². The van der Waals surface area contributed by atoms with Gasteiger partial charge in [0, 0.05) is 22.3 Å². The molecule has 4 heterocycles. The fraction of sp³-hybridized carbons (Fsp3) is 0.269. The molecule has 164 valence electrons. The van der Waals surface area contributed by atoms with E-state index >= 15 is 0 Å². The Labute approximate surface area is 195 Å². The lowest BCUT2D eigenvalue weighted by Crippen LogP contribution is -2.54. The number of carbonyl (C=O) groups is 3. The zero-order chi connectivity index (χ0) is 22.5. The molecule has 0 bridgehead atoms. The molecule has 0 unspecified atom stereocenters. The van der Waals surface area contributed by atoms with E-state index in [-0.39, 0.29) is 23.8 Å². The first-order chi connectivity index (χ1) is 16.0. The van der Waals surface area contributed by atoms with E-state index in [1.165, 1.54) is 4.90 Å². The zero-order valence-corrected chi connectivity index (χ0v) is 18.4. The second-order valence-corrected chi connectivity index (χ2v) is 9.80. The van der Waals surface area contributed by atoms with Gasteiger partial charge in [0.2, 0.25) is 17.7 Å². The van der Waals surface area contributed by atoms with E-state index in [9.17, 15) is 14.4 Å². The molecule has 0 aromatic heterocycles. The van der Waals surface area contributed by atoms with E-state index in [1.54, 1.807) is 18.2 Å². The number of nitrogens with one attached hydrogen (secondary N) is 1. The highest BCUT2D eigenvalue weighted by molar-refractivity contribution is 6.31. The Kier molecular flexibility index (Phi) is 3.75. The number of anilines is 2. The molecule has 7 rings (SSSR count). The van der Waals surface area contributed by atoms with Crippen molar-refractivity contribution in [2.45, 2.75) is 24.4 Å². The first kappa shape index (κ1) is 19.3. The molecule has 1 N–H and O–H groups in total. The van der Waals surface area contributed by atoms with Crippen LogP contribution in [0.3, 0.4) is 0 Å². The maximum atomic E-state index is 14.0. The zero-order valence-electron chi connectivity index (χ0n) is 17.6. The average molecular weight is 458 g/mol. The molecular weight excluding hydrogens is 438 g/mol. The van der Waals surface area contributed by atoms with Crippen LogP contribution in [0.25, 0.3) is 10.8 Å². The van der Waals surface area contributed by atoms with Gasteiger partial charge < -0.3 is 5.32 Å². The molecule has 1 spiro atoms. The summed E-state index contributed by atoms with van der Waals surface area (Å²) in [6, 6.07) is 18.6. The van der Waals surface area contributed by atoms with Crippen molar-refractivity contribution < 1.29 is 14.4 Å². The maximum Gasteiger partial charge on any atom is 0.250 e. The number of hydrogen-bond acceptors (Lipinski definition) is 4. The van der Waals surface area contributed by atoms with Crippen LogP contribution in [0.2, 0.25) is 5.02 Å². The normalized spacial score (nSPS) is 30.3. The fourth-order valence-corrected chi connectivity index (χ4v) is 6.92. The van der Waals surface area contributed by atoms with Crippen molar-refractivity contribution in [2.75, 3.05) is 16.8 Å². The number of benzene rings is 3. The molecule has 4 aliphatic rings. The quantitative estimate of drug-likeness (QED) is 0.562. The van der Waals surface area contributed by atoms with Gasteiger partial charge in [-0.1, -0.05) is 41.9 Å². The van der Waals surface area contributed by atoms with Crippen LogP contribution in [0.1, 0.15) is 18.4 Å². The van der Waals surface area contributed by atoms with Crippen molar-refractivity contribution in [3.63, 3.8) is 0 Å². The minimum absolute atomic E-state index is 0.146. The minimum atomic E-state index is -1.20. The predicted octanol–water partition coefficient (Wildman–Crippen LogP) is 3.92. The maximum absolute atomic E-state index is 14.0. The van der Waals surface area contributed by atoms with Crippen LogP contribution in [0, 0.1) is 11.8 Å². The van der Waals surface area contributed by atoms with Crippen LogP contribution in [0.5, 0.6) is 0 Å². The Bertz CT molecular complexity index is 1400. The smallest absolute Gasteiger partial charge is 0.250 e. The molecule has 6 nitrogen and oxygen atoms in total. The van der Waals surface area contributed by atoms with E-state index in [4.69, 9.17) is 11.6 Å². The Hall–Kier alpha value is -3.22. The third kappa shape index (κ3) is 2.25. The average Bonchev–Trinajstić information content (AvgIpc) is 3.52. The molecular formula is C26H20ClN3O3. The summed E-state index contributed by atoms with van der Waals surface area (Å²) >= 11 is 6.34. The highest BCUT2D eigenvalue weighted by Gasteiger charge is 2.74. The summed E-state index contributed by atoms with van der Waals surface area (Å²) < 4.78 is 0. The Morgan fingerprint density at radius 2 is 1.76 bits per heavy atom. The van der Waals surface area contributed by atoms with E-state index in [1.807, 2.05) is 42.5 Å². The predicted molar refractivity (Wildman–Crippen MR) is 125 cm³/mol. The van der Waals surface area contributed by atoms with Crippen LogP contribution >= 0.6 is 11.6 Å². The van der Waals surface area contributed by atoms with Crippen molar-refractivity contribution >= 4 is 51.5 Å². The van der Waals surface area contributed by atoms with Crippen LogP contribution in [-0.2, 0) is 19.9 Å². The molecule has 3 amide bonds. The largest absolute Gasteiger partial charge is 0.324 e. The number of halogens is 1. The second-order valence-electron chi connectivity index (χ2n) is 9.36. The number of imide groups is 1. The molecule has 4 aliphatic heterocycles. The van der Waals surface area contributed by atoms with Crippen molar-refractivity contribution in [2.24, 2.45) is 11.8 Å². The highest BCUT2D eigenvalue weighted by Crippen LogP contribution is 2.60. The number of fused-ring (bicyclic) bond motifs is 8. The molecule has 33 heavy (non-hydrogen) atoms. The summed E-state index contributed by atoms with van der Waals surface area (Å²) in [7, 11) is 0. The van der Waals surface area contributed by atoms with Gasteiger partial charge in [0.25, 0.3) is 0 Å². The van der Waals surface area contributed by atoms with Crippen LogP contribution in [0.15, 0.2) is 60.7 Å². The molecule has 3 aromatic carbocycles. The number of rotatable bonds is 1. The molecule has 3 aromatic rings. The summed E-state index contributed by atoms with van der Waals surface area (Å²) in [4.78, 5) is 44.9.